The summed E-state index contributed by atoms with van der Waals surface area (Å²) < 4.78 is 67.8. The number of ether oxygens (including phenoxy) is 6. The van der Waals surface area contributed by atoms with Gasteiger partial charge in [-0.1, -0.05) is 45.0 Å². The molecule has 3 heterocycles. The Morgan fingerprint density at radius 2 is 1.68 bits per heavy atom. The molecule has 6 atom stereocenters. The molecule has 1 aromatic rings. The zero-order valence-electron chi connectivity index (χ0n) is 22.7. The van der Waals surface area contributed by atoms with Crippen LogP contribution < -0.4 is 0 Å². The molecule has 0 unspecified atom stereocenters. The molecule has 208 valence electrons. The van der Waals surface area contributed by atoms with Crippen LogP contribution in [0.4, 0.5) is 0 Å². The number of methoxy groups -OCH3 is 1. The monoisotopic (exact) mass is 542 g/mol. The minimum atomic E-state index is -4.39. The highest BCUT2D eigenvalue weighted by Crippen LogP contribution is 2.43. The summed E-state index contributed by atoms with van der Waals surface area (Å²) in [6, 6.07) is 7.12. The van der Waals surface area contributed by atoms with Crippen LogP contribution in [-0.2, 0) is 52.9 Å². The molecule has 3 aliphatic rings. The predicted molar refractivity (Wildman–Crippen MR) is 132 cm³/mol. The van der Waals surface area contributed by atoms with Crippen molar-refractivity contribution in [2.75, 3.05) is 13.7 Å². The quantitative estimate of drug-likeness (QED) is 0.375. The summed E-state index contributed by atoms with van der Waals surface area (Å²) in [7, 11) is -3.18. The van der Waals surface area contributed by atoms with Gasteiger partial charge < -0.3 is 28.4 Å². The molecule has 1 aromatic carbocycles. The molecule has 37 heavy (non-hydrogen) atoms. The summed E-state index contributed by atoms with van der Waals surface area (Å²) in [5.74, 6) is -2.53. The van der Waals surface area contributed by atoms with E-state index in [0.717, 1.165) is 5.56 Å². The smallest absolute Gasteiger partial charge is 0.307 e. The first-order valence-electron chi connectivity index (χ1n) is 12.4. The zero-order chi connectivity index (χ0) is 27.4. The number of benzene rings is 1. The average molecular weight is 543 g/mol. The molecular formula is C26H38O10S. The van der Waals surface area contributed by atoms with Gasteiger partial charge in [0, 0.05) is 0 Å². The Morgan fingerprint density at radius 3 is 2.22 bits per heavy atom. The lowest BCUT2D eigenvalue weighted by Gasteiger charge is -2.29. The Balaban J connectivity index is 1.65. The number of esters is 1. The van der Waals surface area contributed by atoms with Gasteiger partial charge in [-0.15, -0.1) is 0 Å². The van der Waals surface area contributed by atoms with E-state index in [-0.39, 0.29) is 12.0 Å². The van der Waals surface area contributed by atoms with Gasteiger partial charge in [-0.25, -0.2) is 0 Å². The first kappa shape index (κ1) is 28.4. The molecule has 3 aliphatic heterocycles. The molecule has 0 aromatic heterocycles. The van der Waals surface area contributed by atoms with Crippen molar-refractivity contribution in [2.45, 2.75) is 108 Å². The standard InChI is InChI=1S/C26H38O10S/c1-24(2,3)16-11-9-15(10-12-16)18(13-19(27)30-8)37(28,29)36-21-20(17-14-31-25(4,5)33-17)32-23-22(21)34-26(6,7)35-23/h9-12,17-18,20-23H,13-14H2,1-8H3/t17-,18-,20-,21-,22-,23-/m1/s1. The van der Waals surface area contributed by atoms with E-state index in [9.17, 15) is 13.2 Å². The number of rotatable bonds is 7. The van der Waals surface area contributed by atoms with Gasteiger partial charge in [-0.2, -0.15) is 8.42 Å². The van der Waals surface area contributed by atoms with Crippen LogP contribution in [0.15, 0.2) is 24.3 Å². The van der Waals surface area contributed by atoms with Gasteiger partial charge in [0.25, 0.3) is 10.1 Å². The Labute approximate surface area is 219 Å². The van der Waals surface area contributed by atoms with Crippen LogP contribution in [0.25, 0.3) is 0 Å². The van der Waals surface area contributed by atoms with E-state index < -0.39 is 70.0 Å². The second kappa shape index (κ2) is 9.86. The second-order valence-electron chi connectivity index (χ2n) is 11.6. The van der Waals surface area contributed by atoms with Crippen LogP contribution in [-0.4, -0.2) is 70.4 Å². The third-order valence-corrected chi connectivity index (χ3v) is 8.37. The van der Waals surface area contributed by atoms with Gasteiger partial charge in [0.2, 0.25) is 0 Å². The lowest BCUT2D eigenvalue weighted by atomic mass is 9.86. The van der Waals surface area contributed by atoms with Crippen LogP contribution >= 0.6 is 0 Å². The molecule has 0 bridgehead atoms. The van der Waals surface area contributed by atoms with Crippen LogP contribution in [0.1, 0.15) is 71.3 Å². The lowest BCUT2D eigenvalue weighted by Crippen LogP contribution is -2.45. The zero-order valence-corrected chi connectivity index (χ0v) is 23.5. The molecule has 0 saturated carbocycles. The summed E-state index contributed by atoms with van der Waals surface area (Å²) in [6.07, 6.45) is -4.64. The van der Waals surface area contributed by atoms with Crippen molar-refractivity contribution in [3.05, 3.63) is 35.4 Å². The van der Waals surface area contributed by atoms with E-state index in [0.29, 0.717) is 5.56 Å². The van der Waals surface area contributed by atoms with Gasteiger partial charge >= 0.3 is 5.97 Å². The minimum Gasteiger partial charge on any atom is -0.469 e. The van der Waals surface area contributed by atoms with E-state index >= 15 is 0 Å². The second-order valence-corrected chi connectivity index (χ2v) is 13.4. The first-order valence-corrected chi connectivity index (χ1v) is 13.9. The van der Waals surface area contributed by atoms with E-state index in [1.54, 1.807) is 39.8 Å². The van der Waals surface area contributed by atoms with Gasteiger partial charge in [0.05, 0.1) is 20.1 Å². The topological polar surface area (TPSA) is 116 Å². The summed E-state index contributed by atoms with van der Waals surface area (Å²) in [6.45, 7) is 13.3. The van der Waals surface area contributed by atoms with Gasteiger partial charge in [-0.3, -0.25) is 8.98 Å². The molecule has 3 saturated heterocycles. The van der Waals surface area contributed by atoms with E-state index in [4.69, 9.17) is 32.6 Å². The maximum atomic E-state index is 13.8. The number of carbonyl (C=O) groups excluding carboxylic acids is 1. The van der Waals surface area contributed by atoms with Gasteiger partial charge in [-0.05, 0) is 44.2 Å². The fourth-order valence-electron chi connectivity index (χ4n) is 4.83. The van der Waals surface area contributed by atoms with Crippen molar-refractivity contribution in [3.8, 4) is 0 Å². The lowest BCUT2D eigenvalue weighted by molar-refractivity contribution is -0.230. The normalized spacial score (nSPS) is 31.7. The fraction of sp³-hybridized carbons (Fsp3) is 0.731. The Morgan fingerprint density at radius 1 is 1.03 bits per heavy atom. The molecule has 10 nitrogen and oxygen atoms in total. The van der Waals surface area contributed by atoms with Crippen LogP contribution in [0.5, 0.6) is 0 Å². The predicted octanol–water partition coefficient (Wildman–Crippen LogP) is 3.33. The number of hydrogen-bond acceptors (Lipinski definition) is 10. The molecule has 3 fully saturated rings. The summed E-state index contributed by atoms with van der Waals surface area (Å²) in [5.41, 5.74) is 1.31. The Kier molecular flexibility index (Phi) is 7.57. The number of hydrogen-bond donors (Lipinski definition) is 0. The molecular weight excluding hydrogens is 504 g/mol. The molecule has 4 rings (SSSR count). The van der Waals surface area contributed by atoms with Crippen molar-refractivity contribution >= 4 is 16.1 Å². The molecule has 0 amide bonds. The third-order valence-electron chi connectivity index (χ3n) is 6.75. The highest BCUT2D eigenvalue weighted by atomic mass is 32.2. The van der Waals surface area contributed by atoms with E-state index in [1.807, 2.05) is 12.1 Å². The van der Waals surface area contributed by atoms with Crippen LogP contribution in [0, 0.1) is 0 Å². The highest BCUT2D eigenvalue weighted by Gasteiger charge is 2.60. The Bertz CT molecular complexity index is 1090. The summed E-state index contributed by atoms with van der Waals surface area (Å²) in [4.78, 5) is 12.3. The van der Waals surface area contributed by atoms with Crippen molar-refractivity contribution in [3.63, 3.8) is 0 Å². The molecule has 0 aliphatic carbocycles. The summed E-state index contributed by atoms with van der Waals surface area (Å²) >= 11 is 0. The van der Waals surface area contributed by atoms with Crippen molar-refractivity contribution in [1.29, 1.82) is 0 Å². The fourth-order valence-corrected chi connectivity index (χ4v) is 6.32. The molecule has 11 heteroatoms. The van der Waals surface area contributed by atoms with Crippen molar-refractivity contribution < 1.29 is 45.8 Å². The van der Waals surface area contributed by atoms with Gasteiger partial charge in [0.15, 0.2) is 17.9 Å². The maximum Gasteiger partial charge on any atom is 0.307 e. The average Bonchev–Trinajstić information content (AvgIpc) is 3.40. The van der Waals surface area contributed by atoms with Crippen LogP contribution in [0.2, 0.25) is 0 Å². The maximum absolute atomic E-state index is 13.8. The minimum absolute atomic E-state index is 0.126. The number of fused-ring (bicyclic) bond motifs is 1. The largest absolute Gasteiger partial charge is 0.469 e. The molecule has 0 spiro atoms. The molecule has 0 N–H and O–H groups in total. The van der Waals surface area contributed by atoms with E-state index in [1.165, 1.54) is 7.11 Å². The number of carbonyl (C=O) groups is 1. The highest BCUT2D eigenvalue weighted by molar-refractivity contribution is 7.87. The SMILES string of the molecule is COC(=O)C[C@H](c1ccc(C(C)(C)C)cc1)S(=O)(=O)O[C@H]1[C@H]2OC(C)(C)O[C@H]2O[C@@H]1[C@H]1COC(C)(C)O1. The van der Waals surface area contributed by atoms with Crippen molar-refractivity contribution in [2.24, 2.45) is 0 Å². The summed E-state index contributed by atoms with van der Waals surface area (Å²) in [5, 5.41) is -1.30. The van der Waals surface area contributed by atoms with Crippen molar-refractivity contribution in [1.82, 2.24) is 0 Å². The third kappa shape index (κ3) is 6.19. The first-order chi connectivity index (χ1) is 17.0. The Hall–Kier alpha value is -1.60. The van der Waals surface area contributed by atoms with E-state index in [2.05, 4.69) is 20.8 Å². The van der Waals surface area contributed by atoms with Gasteiger partial charge in [0.1, 0.15) is 29.7 Å². The molecule has 0 radical (unpaired) electrons. The van der Waals surface area contributed by atoms with Crippen LogP contribution in [0.3, 0.4) is 0 Å².